The lowest BCUT2D eigenvalue weighted by Crippen LogP contribution is -2.21. The summed E-state index contributed by atoms with van der Waals surface area (Å²) in [4.78, 5) is 0. The molecular weight excluding hydrogens is 288 g/mol. The number of halogens is 1. The Balaban J connectivity index is 1.99. The zero-order valence-corrected chi connectivity index (χ0v) is 12.9. The van der Waals surface area contributed by atoms with E-state index in [1.807, 2.05) is 0 Å². The van der Waals surface area contributed by atoms with E-state index in [9.17, 15) is 0 Å². The monoisotopic (exact) mass is 310 g/mol. The molecule has 0 radical (unpaired) electrons. The van der Waals surface area contributed by atoms with E-state index in [4.69, 9.17) is 4.74 Å². The van der Waals surface area contributed by atoms with Crippen LogP contribution in [0.2, 0.25) is 0 Å². The summed E-state index contributed by atoms with van der Waals surface area (Å²) in [6, 6.07) is 8.74. The molecule has 2 rings (SSSR count). The molecule has 1 aromatic carbocycles. The number of hydrogen-bond acceptors (Lipinski definition) is 1. The fourth-order valence-electron chi connectivity index (χ4n) is 2.54. The lowest BCUT2D eigenvalue weighted by atomic mass is 9.89. The first-order chi connectivity index (χ1) is 8.72. The van der Waals surface area contributed by atoms with Crippen LogP contribution in [0, 0.1) is 11.8 Å². The Kier molecular flexibility index (Phi) is 5.25. The van der Waals surface area contributed by atoms with Crippen molar-refractivity contribution >= 4 is 15.9 Å². The number of fused-ring (bicyclic) bond motifs is 1. The lowest BCUT2D eigenvalue weighted by Gasteiger charge is -2.28. The highest BCUT2D eigenvalue weighted by molar-refractivity contribution is 9.09. The molecule has 0 amide bonds. The first-order valence-electron chi connectivity index (χ1n) is 6.97. The molecule has 1 aliphatic rings. The van der Waals surface area contributed by atoms with Gasteiger partial charge < -0.3 is 4.74 Å². The molecule has 1 aliphatic carbocycles. The molecule has 2 atom stereocenters. The van der Waals surface area contributed by atoms with Crippen LogP contribution < -0.4 is 0 Å². The highest BCUT2D eigenvalue weighted by Gasteiger charge is 2.22. The second-order valence-electron chi connectivity index (χ2n) is 5.57. The molecule has 100 valence electrons. The maximum Gasteiger partial charge on any atom is 0.0827 e. The van der Waals surface area contributed by atoms with Gasteiger partial charge in [-0.2, -0.15) is 0 Å². The van der Waals surface area contributed by atoms with Crippen molar-refractivity contribution in [2.24, 2.45) is 11.8 Å². The maximum atomic E-state index is 6.19. The number of hydrogen-bond donors (Lipinski definition) is 0. The summed E-state index contributed by atoms with van der Waals surface area (Å²) < 4.78 is 6.19. The van der Waals surface area contributed by atoms with Crippen LogP contribution in [-0.4, -0.2) is 11.9 Å². The number of rotatable bonds is 5. The van der Waals surface area contributed by atoms with Crippen LogP contribution in [0.15, 0.2) is 24.3 Å². The van der Waals surface area contributed by atoms with Crippen LogP contribution in [-0.2, 0) is 11.2 Å². The minimum Gasteiger partial charge on any atom is -0.373 e. The van der Waals surface area contributed by atoms with E-state index in [2.05, 4.69) is 54.0 Å². The third kappa shape index (κ3) is 3.36. The summed E-state index contributed by atoms with van der Waals surface area (Å²) >= 11 is 3.59. The molecule has 0 saturated heterocycles. The Labute approximate surface area is 119 Å². The Morgan fingerprint density at radius 3 is 2.83 bits per heavy atom. The van der Waals surface area contributed by atoms with E-state index < -0.39 is 0 Å². The second kappa shape index (κ2) is 6.72. The molecule has 0 saturated carbocycles. The summed E-state index contributed by atoms with van der Waals surface area (Å²) in [5.41, 5.74) is 2.90. The fraction of sp³-hybridized carbons (Fsp3) is 0.625. The summed E-state index contributed by atoms with van der Waals surface area (Å²) in [7, 11) is 0. The third-order valence-corrected chi connectivity index (χ3v) is 4.80. The van der Waals surface area contributed by atoms with Gasteiger partial charge in [-0.25, -0.2) is 0 Å². The summed E-state index contributed by atoms with van der Waals surface area (Å²) in [5, 5.41) is 1.03. The molecule has 0 fully saturated rings. The van der Waals surface area contributed by atoms with Gasteiger partial charge in [0.05, 0.1) is 12.7 Å². The predicted molar refractivity (Wildman–Crippen MR) is 80.2 cm³/mol. The minimum absolute atomic E-state index is 0.315. The van der Waals surface area contributed by atoms with Crippen LogP contribution in [0.1, 0.15) is 43.9 Å². The number of ether oxygens (including phenoxy) is 1. The van der Waals surface area contributed by atoms with Crippen LogP contribution in [0.3, 0.4) is 0 Å². The second-order valence-corrected chi connectivity index (χ2v) is 6.22. The van der Waals surface area contributed by atoms with E-state index in [0.717, 1.165) is 11.9 Å². The van der Waals surface area contributed by atoms with Crippen LogP contribution >= 0.6 is 15.9 Å². The predicted octanol–water partition coefficient (Wildman–Crippen LogP) is 4.75. The summed E-state index contributed by atoms with van der Waals surface area (Å²) in [5.74, 6) is 1.28. The lowest BCUT2D eigenvalue weighted by molar-refractivity contribution is 0.0138. The van der Waals surface area contributed by atoms with Gasteiger partial charge in [-0.3, -0.25) is 0 Å². The Bertz CT molecular complexity index is 375. The van der Waals surface area contributed by atoms with E-state index in [-0.39, 0.29) is 0 Å². The average Bonchev–Trinajstić information content (AvgIpc) is 2.39. The van der Waals surface area contributed by atoms with Gasteiger partial charge in [0.1, 0.15) is 0 Å². The van der Waals surface area contributed by atoms with Crippen molar-refractivity contribution < 1.29 is 4.74 Å². The van der Waals surface area contributed by atoms with Gasteiger partial charge in [-0.15, -0.1) is 0 Å². The van der Waals surface area contributed by atoms with Gasteiger partial charge in [0.25, 0.3) is 0 Å². The Morgan fingerprint density at radius 1 is 1.33 bits per heavy atom. The van der Waals surface area contributed by atoms with Crippen molar-refractivity contribution in [1.29, 1.82) is 0 Å². The molecule has 1 aromatic rings. The van der Waals surface area contributed by atoms with Crippen molar-refractivity contribution in [3.8, 4) is 0 Å². The molecule has 0 heterocycles. The average molecular weight is 311 g/mol. The summed E-state index contributed by atoms with van der Waals surface area (Å²) in [6.07, 6.45) is 3.95. The fourth-order valence-corrected chi connectivity index (χ4v) is 3.47. The van der Waals surface area contributed by atoms with E-state index in [0.29, 0.717) is 17.9 Å². The van der Waals surface area contributed by atoms with Crippen molar-refractivity contribution in [3.05, 3.63) is 35.4 Å². The molecule has 2 unspecified atom stereocenters. The molecule has 1 nitrogen and oxygen atoms in total. The zero-order chi connectivity index (χ0) is 13.0. The molecule has 0 bridgehead atoms. The van der Waals surface area contributed by atoms with Crippen molar-refractivity contribution in [2.45, 2.75) is 39.2 Å². The van der Waals surface area contributed by atoms with Crippen LogP contribution in [0.25, 0.3) is 0 Å². The van der Waals surface area contributed by atoms with Gasteiger partial charge in [-0.05, 0) is 42.2 Å². The number of benzene rings is 1. The van der Waals surface area contributed by atoms with Gasteiger partial charge >= 0.3 is 0 Å². The Morgan fingerprint density at radius 2 is 2.11 bits per heavy atom. The first kappa shape index (κ1) is 14.1. The van der Waals surface area contributed by atoms with Crippen LogP contribution in [0.5, 0.6) is 0 Å². The molecule has 0 spiro atoms. The molecule has 0 aromatic heterocycles. The molecular formula is C16H23BrO. The molecule has 18 heavy (non-hydrogen) atoms. The van der Waals surface area contributed by atoms with E-state index in [1.165, 1.54) is 30.4 Å². The highest BCUT2D eigenvalue weighted by Crippen LogP contribution is 2.33. The number of aryl methyl sites for hydroxylation is 1. The SMILES string of the molecule is CC(C)C(CBr)COC1CCCc2ccccc21. The van der Waals surface area contributed by atoms with Crippen molar-refractivity contribution in [1.82, 2.24) is 0 Å². The van der Waals surface area contributed by atoms with Crippen molar-refractivity contribution in [3.63, 3.8) is 0 Å². The maximum absolute atomic E-state index is 6.19. The standard InChI is InChI=1S/C16H23BrO/c1-12(2)14(10-17)11-18-16-9-5-7-13-6-3-4-8-15(13)16/h3-4,6,8,12,14,16H,5,7,9-11H2,1-2H3. The first-order valence-corrected chi connectivity index (χ1v) is 8.10. The van der Waals surface area contributed by atoms with E-state index >= 15 is 0 Å². The smallest absolute Gasteiger partial charge is 0.0827 e. The zero-order valence-electron chi connectivity index (χ0n) is 11.4. The highest BCUT2D eigenvalue weighted by atomic mass is 79.9. The van der Waals surface area contributed by atoms with Crippen molar-refractivity contribution in [2.75, 3.05) is 11.9 Å². The largest absolute Gasteiger partial charge is 0.373 e. The Hall–Kier alpha value is -0.340. The number of alkyl halides is 1. The van der Waals surface area contributed by atoms with E-state index in [1.54, 1.807) is 0 Å². The topological polar surface area (TPSA) is 9.23 Å². The van der Waals surface area contributed by atoms with Gasteiger partial charge in [0, 0.05) is 5.33 Å². The minimum atomic E-state index is 0.315. The summed E-state index contributed by atoms with van der Waals surface area (Å²) in [6.45, 7) is 5.40. The molecule has 2 heteroatoms. The quantitative estimate of drug-likeness (QED) is 0.713. The van der Waals surface area contributed by atoms with Gasteiger partial charge in [-0.1, -0.05) is 54.0 Å². The van der Waals surface area contributed by atoms with Crippen LogP contribution in [0.4, 0.5) is 0 Å². The van der Waals surface area contributed by atoms with Gasteiger partial charge in [0.15, 0.2) is 0 Å². The molecule has 0 N–H and O–H groups in total. The normalized spacial score (nSPS) is 20.8. The third-order valence-electron chi connectivity index (χ3n) is 3.97. The van der Waals surface area contributed by atoms with Gasteiger partial charge in [0.2, 0.25) is 0 Å². The molecule has 0 aliphatic heterocycles.